The van der Waals surface area contributed by atoms with Crippen LogP contribution < -0.4 is 10.1 Å². The number of amides is 1. The molecule has 1 aromatic carbocycles. The van der Waals surface area contributed by atoms with E-state index in [9.17, 15) is 18.0 Å². The summed E-state index contributed by atoms with van der Waals surface area (Å²) in [6, 6.07) is 7.88. The van der Waals surface area contributed by atoms with E-state index in [1.807, 2.05) is 20.2 Å². The number of halogens is 3. The van der Waals surface area contributed by atoms with Crippen molar-refractivity contribution in [2.24, 2.45) is 0 Å². The average molecular weight is 473 g/mol. The van der Waals surface area contributed by atoms with Crippen LogP contribution in [0.4, 0.5) is 13.2 Å². The first-order valence-corrected chi connectivity index (χ1v) is 11.0. The van der Waals surface area contributed by atoms with Crippen molar-refractivity contribution in [1.29, 1.82) is 0 Å². The van der Waals surface area contributed by atoms with Crippen LogP contribution in [0.3, 0.4) is 0 Å². The number of hydrogen-bond donors (Lipinski definition) is 1. The molecule has 4 rings (SSSR count). The molecule has 0 bridgehead atoms. The van der Waals surface area contributed by atoms with Crippen LogP contribution in [0.25, 0.3) is 16.9 Å². The summed E-state index contributed by atoms with van der Waals surface area (Å²) in [5, 5.41) is 3.13. The molecule has 1 saturated heterocycles. The number of likely N-dealkylation sites (N-methyl/N-ethyl adjacent to an activating group) is 1. The molecule has 1 amide bonds. The van der Waals surface area contributed by atoms with Gasteiger partial charge in [0.05, 0.1) is 35.2 Å². The highest BCUT2D eigenvalue weighted by molar-refractivity contribution is 5.98. The summed E-state index contributed by atoms with van der Waals surface area (Å²) in [5.74, 6) is -0.110. The SMILES string of the molecule is Cc1cn(-c2cnc(-c3ccc(OCC(F)(F)F)cc3)cc2C(=O)NC2CCCN(C)C2)cn1. The zero-order valence-electron chi connectivity index (χ0n) is 19.0. The molecule has 0 aliphatic carbocycles. The molecule has 0 radical (unpaired) electrons. The fourth-order valence-corrected chi connectivity index (χ4v) is 3.98. The predicted octanol–water partition coefficient (Wildman–Crippen LogP) is 4.01. The second-order valence-electron chi connectivity index (χ2n) is 8.51. The maximum atomic E-state index is 13.3. The smallest absolute Gasteiger partial charge is 0.422 e. The van der Waals surface area contributed by atoms with Crippen molar-refractivity contribution < 1.29 is 22.7 Å². The number of aromatic nitrogens is 3. The van der Waals surface area contributed by atoms with Crippen molar-refractivity contribution in [3.05, 3.63) is 60.3 Å². The van der Waals surface area contributed by atoms with Crippen LogP contribution in [0.15, 0.2) is 49.1 Å². The number of pyridine rings is 1. The number of nitrogens with zero attached hydrogens (tertiary/aromatic N) is 4. The molecule has 1 unspecified atom stereocenters. The number of imidazole rings is 1. The van der Waals surface area contributed by atoms with Crippen molar-refractivity contribution in [3.63, 3.8) is 0 Å². The minimum Gasteiger partial charge on any atom is -0.484 e. The number of rotatable bonds is 6. The number of carbonyl (C=O) groups is 1. The lowest BCUT2D eigenvalue weighted by Gasteiger charge is -2.30. The van der Waals surface area contributed by atoms with Gasteiger partial charge in [0.1, 0.15) is 5.75 Å². The topological polar surface area (TPSA) is 72.3 Å². The van der Waals surface area contributed by atoms with E-state index in [-0.39, 0.29) is 17.7 Å². The Morgan fingerprint density at radius 2 is 2.00 bits per heavy atom. The summed E-state index contributed by atoms with van der Waals surface area (Å²) in [5.41, 5.74) is 3.01. The van der Waals surface area contributed by atoms with Gasteiger partial charge in [-0.25, -0.2) is 4.98 Å². The molecule has 10 heteroatoms. The predicted molar refractivity (Wildman–Crippen MR) is 121 cm³/mol. The lowest BCUT2D eigenvalue weighted by molar-refractivity contribution is -0.153. The molecule has 1 N–H and O–H groups in total. The van der Waals surface area contributed by atoms with Crippen LogP contribution in [-0.4, -0.2) is 64.3 Å². The Bertz CT molecular complexity index is 1140. The van der Waals surface area contributed by atoms with E-state index in [0.29, 0.717) is 22.5 Å². The quantitative estimate of drug-likeness (QED) is 0.586. The standard InChI is InChI=1S/C24H26F3N5O2/c1-16-12-32(15-29-16)22-11-28-21(17-5-7-19(8-6-17)34-14-24(25,26)27)10-20(22)23(33)30-18-4-3-9-31(2)13-18/h5-8,10-12,15,18H,3-4,9,13-14H2,1-2H3,(H,30,33). The molecule has 180 valence electrons. The molecular formula is C24H26F3N5O2. The summed E-state index contributed by atoms with van der Waals surface area (Å²) in [6.45, 7) is 2.29. The normalized spacial score (nSPS) is 16.9. The zero-order chi connectivity index (χ0) is 24.3. The first-order valence-electron chi connectivity index (χ1n) is 11.0. The summed E-state index contributed by atoms with van der Waals surface area (Å²) >= 11 is 0. The molecule has 3 heterocycles. The van der Waals surface area contributed by atoms with Gasteiger partial charge in [0.15, 0.2) is 6.61 Å². The van der Waals surface area contributed by atoms with Gasteiger partial charge in [-0.1, -0.05) is 0 Å². The first kappa shape index (κ1) is 23.7. The van der Waals surface area contributed by atoms with Crippen LogP contribution in [0.2, 0.25) is 0 Å². The number of nitrogens with one attached hydrogen (secondary N) is 1. The zero-order valence-corrected chi connectivity index (χ0v) is 19.0. The molecule has 1 fully saturated rings. The van der Waals surface area contributed by atoms with E-state index in [4.69, 9.17) is 4.74 Å². The van der Waals surface area contributed by atoms with Gasteiger partial charge < -0.3 is 19.5 Å². The average Bonchev–Trinajstić information content (AvgIpc) is 3.23. The molecule has 0 saturated carbocycles. The molecule has 34 heavy (non-hydrogen) atoms. The van der Waals surface area contributed by atoms with Crippen LogP contribution in [0.5, 0.6) is 5.75 Å². The Kier molecular flexibility index (Phi) is 6.87. The van der Waals surface area contributed by atoms with Crippen molar-refractivity contribution in [1.82, 2.24) is 24.8 Å². The molecule has 7 nitrogen and oxygen atoms in total. The highest BCUT2D eigenvalue weighted by Gasteiger charge is 2.28. The fourth-order valence-electron chi connectivity index (χ4n) is 3.98. The van der Waals surface area contributed by atoms with Gasteiger partial charge in [-0.3, -0.25) is 9.78 Å². The molecular weight excluding hydrogens is 447 g/mol. The molecule has 3 aromatic rings. The van der Waals surface area contributed by atoms with Gasteiger partial charge in [-0.15, -0.1) is 0 Å². The molecule has 1 aliphatic heterocycles. The van der Waals surface area contributed by atoms with Crippen molar-refractivity contribution >= 4 is 5.91 Å². The second kappa shape index (κ2) is 9.84. The Morgan fingerprint density at radius 3 is 2.65 bits per heavy atom. The number of benzene rings is 1. The molecule has 2 aromatic heterocycles. The van der Waals surface area contributed by atoms with Gasteiger partial charge in [0.25, 0.3) is 5.91 Å². The number of ether oxygens (including phenoxy) is 1. The van der Waals surface area contributed by atoms with E-state index in [1.165, 1.54) is 12.1 Å². The fraction of sp³-hybridized carbons (Fsp3) is 0.375. The Labute approximate surface area is 195 Å². The van der Waals surface area contributed by atoms with Crippen molar-refractivity contribution in [3.8, 4) is 22.7 Å². The van der Waals surface area contributed by atoms with Crippen LogP contribution in [-0.2, 0) is 0 Å². The van der Waals surface area contributed by atoms with E-state index in [2.05, 4.69) is 20.2 Å². The van der Waals surface area contributed by atoms with Gasteiger partial charge in [0.2, 0.25) is 0 Å². The Morgan fingerprint density at radius 1 is 1.24 bits per heavy atom. The molecule has 1 atom stereocenters. The Balaban J connectivity index is 1.61. The number of hydrogen-bond acceptors (Lipinski definition) is 5. The van der Waals surface area contributed by atoms with E-state index < -0.39 is 12.8 Å². The maximum Gasteiger partial charge on any atom is 0.422 e. The van der Waals surface area contributed by atoms with Gasteiger partial charge in [-0.2, -0.15) is 13.2 Å². The monoisotopic (exact) mass is 473 g/mol. The van der Waals surface area contributed by atoms with Crippen LogP contribution >= 0.6 is 0 Å². The number of likely N-dealkylation sites (tertiary alicyclic amines) is 1. The minimum atomic E-state index is -4.41. The molecule has 1 aliphatic rings. The second-order valence-corrected chi connectivity index (χ2v) is 8.51. The van der Waals surface area contributed by atoms with E-state index in [1.54, 1.807) is 35.3 Å². The number of aryl methyl sites for hydroxylation is 1. The minimum absolute atomic E-state index is 0.0466. The number of carbonyl (C=O) groups excluding carboxylic acids is 1. The van der Waals surface area contributed by atoms with Gasteiger partial charge in [0, 0.05) is 24.3 Å². The highest BCUT2D eigenvalue weighted by atomic mass is 19.4. The van der Waals surface area contributed by atoms with E-state index >= 15 is 0 Å². The van der Waals surface area contributed by atoms with Crippen LogP contribution in [0.1, 0.15) is 28.9 Å². The third kappa shape index (κ3) is 5.93. The van der Waals surface area contributed by atoms with Gasteiger partial charge in [-0.05, 0) is 63.7 Å². The lowest BCUT2D eigenvalue weighted by Crippen LogP contribution is -2.46. The summed E-state index contributed by atoms with van der Waals surface area (Å²) in [6.07, 6.45) is 2.56. The highest BCUT2D eigenvalue weighted by Crippen LogP contribution is 2.26. The van der Waals surface area contributed by atoms with Crippen molar-refractivity contribution in [2.75, 3.05) is 26.7 Å². The summed E-state index contributed by atoms with van der Waals surface area (Å²) in [4.78, 5) is 24.2. The Hall–Kier alpha value is -3.40. The third-order valence-corrected chi connectivity index (χ3v) is 5.63. The summed E-state index contributed by atoms with van der Waals surface area (Å²) < 4.78 is 43.7. The first-order chi connectivity index (χ1) is 16.2. The third-order valence-electron chi connectivity index (χ3n) is 5.63. The molecule has 0 spiro atoms. The number of alkyl halides is 3. The largest absolute Gasteiger partial charge is 0.484 e. The summed E-state index contributed by atoms with van der Waals surface area (Å²) in [7, 11) is 2.03. The van der Waals surface area contributed by atoms with Gasteiger partial charge >= 0.3 is 6.18 Å². The number of piperidine rings is 1. The lowest BCUT2D eigenvalue weighted by atomic mass is 10.0. The van der Waals surface area contributed by atoms with E-state index in [0.717, 1.165) is 31.6 Å². The van der Waals surface area contributed by atoms with Crippen molar-refractivity contribution in [2.45, 2.75) is 32.0 Å². The van der Waals surface area contributed by atoms with Crippen LogP contribution in [0, 0.1) is 6.92 Å². The maximum absolute atomic E-state index is 13.3.